The van der Waals surface area contributed by atoms with Crippen LogP contribution in [0.15, 0.2) is 48.5 Å². The Bertz CT molecular complexity index is 807. The van der Waals surface area contributed by atoms with E-state index in [-0.39, 0.29) is 18.6 Å². The summed E-state index contributed by atoms with van der Waals surface area (Å²) in [4.78, 5) is 26.6. The molecular weight excluding hydrogens is 344 g/mol. The van der Waals surface area contributed by atoms with Gasteiger partial charge in [-0.2, -0.15) is 0 Å². The first-order valence-corrected chi connectivity index (χ1v) is 9.08. The van der Waals surface area contributed by atoms with Gasteiger partial charge in [0, 0.05) is 19.5 Å². The van der Waals surface area contributed by atoms with Crippen LogP contribution in [-0.2, 0) is 22.7 Å². The normalized spacial score (nSPS) is 13.1. The van der Waals surface area contributed by atoms with Gasteiger partial charge in [-0.1, -0.05) is 43.3 Å². The molecule has 1 atom stereocenters. The fourth-order valence-electron chi connectivity index (χ4n) is 2.95. The van der Waals surface area contributed by atoms with Gasteiger partial charge in [-0.15, -0.1) is 0 Å². The minimum atomic E-state index is -0.563. The lowest BCUT2D eigenvalue weighted by Crippen LogP contribution is -2.47. The van der Waals surface area contributed by atoms with E-state index < -0.39 is 6.04 Å². The molecule has 2 aromatic rings. The SMILES string of the molecule is CCC(=O)N(Cc1ccccc1)[C@@H](C)C(=O)NCc1ccc2c(c1)OCO2. The van der Waals surface area contributed by atoms with E-state index >= 15 is 0 Å². The van der Waals surface area contributed by atoms with Gasteiger partial charge in [0.15, 0.2) is 11.5 Å². The van der Waals surface area contributed by atoms with Crippen LogP contribution in [0.5, 0.6) is 11.5 Å². The van der Waals surface area contributed by atoms with E-state index in [0.29, 0.717) is 31.0 Å². The van der Waals surface area contributed by atoms with Crippen LogP contribution in [0.2, 0.25) is 0 Å². The fraction of sp³-hybridized carbons (Fsp3) is 0.333. The molecule has 0 aromatic heterocycles. The van der Waals surface area contributed by atoms with Gasteiger partial charge < -0.3 is 19.7 Å². The summed E-state index contributed by atoms with van der Waals surface area (Å²) in [5, 5.41) is 2.91. The summed E-state index contributed by atoms with van der Waals surface area (Å²) < 4.78 is 10.6. The average molecular weight is 368 g/mol. The number of benzene rings is 2. The van der Waals surface area contributed by atoms with Gasteiger partial charge >= 0.3 is 0 Å². The number of carbonyl (C=O) groups is 2. The van der Waals surface area contributed by atoms with E-state index in [1.54, 1.807) is 18.7 Å². The molecule has 0 radical (unpaired) electrons. The number of ether oxygens (including phenoxy) is 2. The smallest absolute Gasteiger partial charge is 0.242 e. The maximum atomic E-state index is 12.6. The Hall–Kier alpha value is -3.02. The van der Waals surface area contributed by atoms with Crippen molar-refractivity contribution in [1.29, 1.82) is 0 Å². The van der Waals surface area contributed by atoms with Crippen molar-refractivity contribution >= 4 is 11.8 Å². The Morgan fingerprint density at radius 3 is 2.56 bits per heavy atom. The van der Waals surface area contributed by atoms with Crippen LogP contribution < -0.4 is 14.8 Å². The molecule has 1 heterocycles. The Balaban J connectivity index is 1.63. The second-order valence-corrected chi connectivity index (χ2v) is 6.44. The largest absolute Gasteiger partial charge is 0.454 e. The van der Waals surface area contributed by atoms with Gasteiger partial charge in [-0.05, 0) is 30.2 Å². The van der Waals surface area contributed by atoms with Crippen LogP contribution in [0.4, 0.5) is 0 Å². The summed E-state index contributed by atoms with van der Waals surface area (Å²) >= 11 is 0. The molecule has 0 spiro atoms. The number of carbonyl (C=O) groups excluding carboxylic acids is 2. The first-order valence-electron chi connectivity index (χ1n) is 9.08. The van der Waals surface area contributed by atoms with Gasteiger partial charge in [0.2, 0.25) is 18.6 Å². The van der Waals surface area contributed by atoms with E-state index in [1.807, 2.05) is 48.5 Å². The summed E-state index contributed by atoms with van der Waals surface area (Å²) in [6, 6.07) is 14.7. The molecule has 0 saturated heterocycles. The highest BCUT2D eigenvalue weighted by Gasteiger charge is 2.25. The summed E-state index contributed by atoms with van der Waals surface area (Å²) in [6.45, 7) is 4.55. The molecule has 0 unspecified atom stereocenters. The van der Waals surface area contributed by atoms with E-state index in [9.17, 15) is 9.59 Å². The number of nitrogens with one attached hydrogen (secondary N) is 1. The number of nitrogens with zero attached hydrogens (tertiary/aromatic N) is 1. The molecule has 1 aliphatic rings. The molecule has 1 N–H and O–H groups in total. The predicted molar refractivity (Wildman–Crippen MR) is 101 cm³/mol. The number of rotatable bonds is 7. The average Bonchev–Trinajstić information content (AvgIpc) is 3.17. The van der Waals surface area contributed by atoms with E-state index in [1.165, 1.54) is 0 Å². The highest BCUT2D eigenvalue weighted by atomic mass is 16.7. The third-order valence-electron chi connectivity index (χ3n) is 4.57. The van der Waals surface area contributed by atoms with Crippen LogP contribution >= 0.6 is 0 Å². The van der Waals surface area contributed by atoms with Crippen molar-refractivity contribution in [2.45, 2.75) is 39.4 Å². The van der Waals surface area contributed by atoms with Crippen LogP contribution in [-0.4, -0.2) is 29.5 Å². The third-order valence-corrected chi connectivity index (χ3v) is 4.57. The topological polar surface area (TPSA) is 67.9 Å². The molecule has 0 saturated carbocycles. The zero-order valence-corrected chi connectivity index (χ0v) is 15.6. The van der Waals surface area contributed by atoms with Gasteiger partial charge in [0.1, 0.15) is 6.04 Å². The number of fused-ring (bicyclic) bond motifs is 1. The van der Waals surface area contributed by atoms with Crippen molar-refractivity contribution in [1.82, 2.24) is 10.2 Å². The molecule has 2 amide bonds. The maximum absolute atomic E-state index is 12.6. The van der Waals surface area contributed by atoms with E-state index in [2.05, 4.69) is 5.32 Å². The van der Waals surface area contributed by atoms with E-state index in [4.69, 9.17) is 9.47 Å². The standard InChI is InChI=1S/C21H24N2O4/c1-3-20(24)23(13-16-7-5-4-6-8-16)15(2)21(25)22-12-17-9-10-18-19(11-17)27-14-26-18/h4-11,15H,3,12-14H2,1-2H3,(H,22,25)/t15-/m0/s1. The molecule has 2 aromatic carbocycles. The lowest BCUT2D eigenvalue weighted by Gasteiger charge is -2.28. The Kier molecular flexibility index (Phi) is 5.96. The monoisotopic (exact) mass is 368 g/mol. The Morgan fingerprint density at radius 1 is 1.07 bits per heavy atom. The van der Waals surface area contributed by atoms with Crippen molar-refractivity contribution in [2.75, 3.05) is 6.79 Å². The molecule has 0 aliphatic carbocycles. The van der Waals surface area contributed by atoms with Gasteiger partial charge in [-0.3, -0.25) is 9.59 Å². The quantitative estimate of drug-likeness (QED) is 0.816. The Labute approximate surface area is 159 Å². The first-order chi connectivity index (χ1) is 13.1. The van der Waals surface area contributed by atoms with Crippen molar-refractivity contribution in [3.05, 3.63) is 59.7 Å². The summed E-state index contributed by atoms with van der Waals surface area (Å²) in [7, 11) is 0. The molecule has 1 aliphatic heterocycles. The van der Waals surface area contributed by atoms with Crippen LogP contribution in [0.1, 0.15) is 31.4 Å². The number of hydrogen-bond donors (Lipinski definition) is 1. The molecule has 0 bridgehead atoms. The summed E-state index contributed by atoms with van der Waals surface area (Å²) in [5.41, 5.74) is 1.91. The molecule has 6 nitrogen and oxygen atoms in total. The van der Waals surface area contributed by atoms with Gasteiger partial charge in [0.25, 0.3) is 0 Å². The second kappa shape index (κ2) is 8.58. The highest BCUT2D eigenvalue weighted by Crippen LogP contribution is 2.32. The number of amides is 2. The minimum Gasteiger partial charge on any atom is -0.454 e. The van der Waals surface area contributed by atoms with Crippen molar-refractivity contribution in [3.8, 4) is 11.5 Å². The summed E-state index contributed by atoms with van der Waals surface area (Å²) in [6.07, 6.45) is 0.354. The zero-order valence-electron chi connectivity index (χ0n) is 15.6. The second-order valence-electron chi connectivity index (χ2n) is 6.44. The van der Waals surface area contributed by atoms with Crippen LogP contribution in [0.3, 0.4) is 0 Å². The molecule has 142 valence electrons. The van der Waals surface area contributed by atoms with Crippen molar-refractivity contribution in [2.24, 2.45) is 0 Å². The van der Waals surface area contributed by atoms with Crippen molar-refractivity contribution < 1.29 is 19.1 Å². The lowest BCUT2D eigenvalue weighted by molar-refractivity contribution is -0.140. The van der Waals surface area contributed by atoms with Gasteiger partial charge in [-0.25, -0.2) is 0 Å². The highest BCUT2D eigenvalue weighted by molar-refractivity contribution is 5.87. The Morgan fingerprint density at radius 2 is 1.81 bits per heavy atom. The fourth-order valence-corrected chi connectivity index (χ4v) is 2.95. The van der Waals surface area contributed by atoms with Crippen LogP contribution in [0.25, 0.3) is 0 Å². The van der Waals surface area contributed by atoms with Crippen molar-refractivity contribution in [3.63, 3.8) is 0 Å². The maximum Gasteiger partial charge on any atom is 0.242 e. The molecule has 27 heavy (non-hydrogen) atoms. The molecular formula is C21H24N2O4. The molecule has 3 rings (SSSR count). The summed E-state index contributed by atoms with van der Waals surface area (Å²) in [5.74, 6) is 1.15. The zero-order chi connectivity index (χ0) is 19.2. The molecule has 6 heteroatoms. The van der Waals surface area contributed by atoms with E-state index in [0.717, 1.165) is 11.1 Å². The predicted octanol–water partition coefficient (Wildman–Crippen LogP) is 2.86. The van der Waals surface area contributed by atoms with Gasteiger partial charge in [0.05, 0.1) is 0 Å². The van der Waals surface area contributed by atoms with Crippen LogP contribution in [0, 0.1) is 0 Å². The number of hydrogen-bond acceptors (Lipinski definition) is 4. The lowest BCUT2D eigenvalue weighted by atomic mass is 10.1. The first kappa shape index (κ1) is 18.8. The molecule has 0 fully saturated rings. The minimum absolute atomic E-state index is 0.0513. The third kappa shape index (κ3) is 4.58.